The maximum absolute atomic E-state index is 3.39. The van der Waals surface area contributed by atoms with Crippen molar-refractivity contribution in [1.29, 1.82) is 0 Å². The van der Waals surface area contributed by atoms with Crippen LogP contribution in [0.5, 0.6) is 0 Å². The molecule has 0 saturated heterocycles. The van der Waals surface area contributed by atoms with E-state index in [2.05, 4.69) is 62.4 Å². The molecule has 0 amide bonds. The smallest absolute Gasteiger partial charge is 0.0446 e. The van der Waals surface area contributed by atoms with Crippen LogP contribution in [0.4, 0.5) is 0 Å². The van der Waals surface area contributed by atoms with Crippen LogP contribution in [0.2, 0.25) is 0 Å². The lowest BCUT2D eigenvalue weighted by Crippen LogP contribution is -2.28. The van der Waals surface area contributed by atoms with Gasteiger partial charge in [0.1, 0.15) is 0 Å². The molecule has 2 nitrogen and oxygen atoms in total. The summed E-state index contributed by atoms with van der Waals surface area (Å²) >= 11 is 0. The van der Waals surface area contributed by atoms with E-state index in [4.69, 9.17) is 0 Å². The van der Waals surface area contributed by atoms with Gasteiger partial charge in [-0.25, -0.2) is 0 Å². The van der Waals surface area contributed by atoms with E-state index >= 15 is 0 Å². The molecule has 0 radical (unpaired) electrons. The zero-order chi connectivity index (χ0) is 12.8. The average Bonchev–Trinajstić information content (AvgIpc) is 2.25. The zero-order valence-electron chi connectivity index (χ0n) is 11.8. The highest BCUT2D eigenvalue weighted by molar-refractivity contribution is 5.26. The van der Waals surface area contributed by atoms with E-state index in [0.717, 1.165) is 13.0 Å². The number of hydrogen-bond donors (Lipinski definition) is 1. The Morgan fingerprint density at radius 1 is 1.24 bits per heavy atom. The minimum atomic E-state index is 0.414. The molecule has 1 aromatic carbocycles. The summed E-state index contributed by atoms with van der Waals surface area (Å²) in [6.07, 6.45) is 1.16. The van der Waals surface area contributed by atoms with E-state index < -0.39 is 0 Å². The van der Waals surface area contributed by atoms with Crippen molar-refractivity contribution < 1.29 is 0 Å². The maximum Gasteiger partial charge on any atom is 0.0446 e. The van der Waals surface area contributed by atoms with E-state index in [1.807, 2.05) is 7.05 Å². The van der Waals surface area contributed by atoms with Crippen molar-refractivity contribution in [3.05, 3.63) is 35.4 Å². The van der Waals surface area contributed by atoms with Gasteiger partial charge < -0.3 is 10.2 Å². The Morgan fingerprint density at radius 2 is 1.94 bits per heavy atom. The van der Waals surface area contributed by atoms with Crippen LogP contribution < -0.4 is 5.32 Å². The van der Waals surface area contributed by atoms with Gasteiger partial charge in [-0.2, -0.15) is 0 Å². The fraction of sp³-hybridized carbons (Fsp3) is 0.600. The number of rotatable bonds is 6. The van der Waals surface area contributed by atoms with Crippen LogP contribution in [0.15, 0.2) is 24.3 Å². The summed E-state index contributed by atoms with van der Waals surface area (Å²) < 4.78 is 0. The summed E-state index contributed by atoms with van der Waals surface area (Å²) in [5, 5.41) is 3.39. The first kappa shape index (κ1) is 14.2. The third-order valence-electron chi connectivity index (χ3n) is 2.89. The maximum atomic E-state index is 3.39. The van der Waals surface area contributed by atoms with Gasteiger partial charge in [0.15, 0.2) is 0 Å². The minimum absolute atomic E-state index is 0.414. The van der Waals surface area contributed by atoms with E-state index in [9.17, 15) is 0 Å². The SMILES string of the molecule is CNC(CN(C)C)c1cccc(CC(C)C)c1. The largest absolute Gasteiger partial charge is 0.312 e. The molecule has 0 heterocycles. The van der Waals surface area contributed by atoms with E-state index in [0.29, 0.717) is 12.0 Å². The lowest BCUT2D eigenvalue weighted by Gasteiger charge is -2.21. The summed E-state index contributed by atoms with van der Waals surface area (Å²) in [6.45, 7) is 5.56. The topological polar surface area (TPSA) is 15.3 Å². The van der Waals surface area contributed by atoms with Crippen LogP contribution in [-0.4, -0.2) is 32.6 Å². The van der Waals surface area contributed by atoms with Gasteiger partial charge in [-0.3, -0.25) is 0 Å². The van der Waals surface area contributed by atoms with Crippen LogP contribution in [0, 0.1) is 5.92 Å². The van der Waals surface area contributed by atoms with Gasteiger partial charge in [0.25, 0.3) is 0 Å². The van der Waals surface area contributed by atoms with Gasteiger partial charge in [-0.1, -0.05) is 38.1 Å². The molecule has 0 aliphatic rings. The highest BCUT2D eigenvalue weighted by Crippen LogP contribution is 2.17. The molecule has 1 unspecified atom stereocenters. The lowest BCUT2D eigenvalue weighted by molar-refractivity contribution is 0.352. The predicted molar refractivity (Wildman–Crippen MR) is 75.3 cm³/mol. The van der Waals surface area contributed by atoms with E-state index in [1.165, 1.54) is 11.1 Å². The first-order valence-electron chi connectivity index (χ1n) is 6.43. The summed E-state index contributed by atoms with van der Waals surface area (Å²) in [5.74, 6) is 0.715. The molecule has 0 saturated carbocycles. The van der Waals surface area contributed by atoms with Gasteiger partial charge in [0, 0.05) is 12.6 Å². The molecule has 1 N–H and O–H groups in total. The molecule has 96 valence electrons. The van der Waals surface area contributed by atoms with Crippen LogP contribution in [-0.2, 0) is 6.42 Å². The van der Waals surface area contributed by atoms with Gasteiger partial charge >= 0.3 is 0 Å². The van der Waals surface area contributed by atoms with Crippen LogP contribution in [0.25, 0.3) is 0 Å². The molecule has 0 spiro atoms. The van der Waals surface area contributed by atoms with Crippen LogP contribution >= 0.6 is 0 Å². The summed E-state index contributed by atoms with van der Waals surface area (Å²) in [7, 11) is 6.26. The predicted octanol–water partition coefficient (Wildman–Crippen LogP) is 2.71. The first-order valence-corrected chi connectivity index (χ1v) is 6.43. The van der Waals surface area contributed by atoms with Gasteiger partial charge in [-0.15, -0.1) is 0 Å². The molecule has 17 heavy (non-hydrogen) atoms. The van der Waals surface area contributed by atoms with Crippen molar-refractivity contribution >= 4 is 0 Å². The van der Waals surface area contributed by atoms with Crippen molar-refractivity contribution in [3.63, 3.8) is 0 Å². The van der Waals surface area contributed by atoms with Gasteiger partial charge in [0.2, 0.25) is 0 Å². The molecule has 1 aromatic rings. The van der Waals surface area contributed by atoms with Crippen LogP contribution in [0.3, 0.4) is 0 Å². The Kier molecular flexibility index (Phi) is 5.66. The number of likely N-dealkylation sites (N-methyl/N-ethyl adjacent to an activating group) is 2. The molecule has 1 atom stereocenters. The zero-order valence-corrected chi connectivity index (χ0v) is 11.8. The second kappa shape index (κ2) is 6.77. The highest BCUT2D eigenvalue weighted by Gasteiger charge is 2.10. The lowest BCUT2D eigenvalue weighted by atomic mass is 9.98. The number of hydrogen-bond acceptors (Lipinski definition) is 2. The van der Waals surface area contributed by atoms with Gasteiger partial charge in [0.05, 0.1) is 0 Å². The van der Waals surface area contributed by atoms with Crippen molar-refractivity contribution in [1.82, 2.24) is 10.2 Å². The molecular weight excluding hydrogens is 208 g/mol. The summed E-state index contributed by atoms with van der Waals surface area (Å²) in [6, 6.07) is 9.37. The van der Waals surface area contributed by atoms with Crippen molar-refractivity contribution in [2.45, 2.75) is 26.3 Å². The molecule has 0 fully saturated rings. The Labute approximate surface area is 106 Å². The molecule has 2 heteroatoms. The second-order valence-electron chi connectivity index (χ2n) is 5.45. The van der Waals surface area contributed by atoms with Crippen molar-refractivity contribution in [3.8, 4) is 0 Å². The Morgan fingerprint density at radius 3 is 2.47 bits per heavy atom. The Bertz CT molecular complexity index is 331. The molecule has 0 aromatic heterocycles. The first-order chi connectivity index (χ1) is 8.02. The number of nitrogens with one attached hydrogen (secondary N) is 1. The molecular formula is C15H26N2. The fourth-order valence-corrected chi connectivity index (χ4v) is 2.14. The second-order valence-corrected chi connectivity index (χ2v) is 5.45. The van der Waals surface area contributed by atoms with Crippen molar-refractivity contribution in [2.24, 2.45) is 5.92 Å². The van der Waals surface area contributed by atoms with Crippen LogP contribution in [0.1, 0.15) is 31.0 Å². The number of nitrogens with zero attached hydrogens (tertiary/aromatic N) is 1. The summed E-state index contributed by atoms with van der Waals surface area (Å²) in [4.78, 5) is 2.22. The molecule has 0 bridgehead atoms. The minimum Gasteiger partial charge on any atom is -0.312 e. The highest BCUT2D eigenvalue weighted by atomic mass is 15.1. The van der Waals surface area contributed by atoms with E-state index in [1.54, 1.807) is 0 Å². The molecule has 1 rings (SSSR count). The molecule has 0 aliphatic heterocycles. The fourth-order valence-electron chi connectivity index (χ4n) is 2.14. The monoisotopic (exact) mass is 234 g/mol. The van der Waals surface area contributed by atoms with Gasteiger partial charge in [-0.05, 0) is 44.6 Å². The normalized spacial score (nSPS) is 13.4. The third-order valence-corrected chi connectivity index (χ3v) is 2.89. The Balaban J connectivity index is 2.81. The Hall–Kier alpha value is -0.860. The number of benzene rings is 1. The van der Waals surface area contributed by atoms with E-state index in [-0.39, 0.29) is 0 Å². The van der Waals surface area contributed by atoms with Crippen molar-refractivity contribution in [2.75, 3.05) is 27.7 Å². The average molecular weight is 234 g/mol. The third kappa shape index (κ3) is 4.88. The standard InChI is InChI=1S/C15H26N2/c1-12(2)9-13-7-6-8-14(10-13)15(16-3)11-17(4)5/h6-8,10,12,15-16H,9,11H2,1-5H3. The summed E-state index contributed by atoms with van der Waals surface area (Å²) in [5.41, 5.74) is 2.83. The quantitative estimate of drug-likeness (QED) is 0.814. The molecule has 0 aliphatic carbocycles.